The Hall–Kier alpha value is -1.71. The van der Waals surface area contributed by atoms with E-state index in [4.69, 9.17) is 4.52 Å². The van der Waals surface area contributed by atoms with Crippen LogP contribution < -0.4 is 0 Å². The molecule has 0 unspecified atom stereocenters. The van der Waals surface area contributed by atoms with E-state index in [9.17, 15) is 4.39 Å². The predicted octanol–water partition coefficient (Wildman–Crippen LogP) is 3.00. The van der Waals surface area contributed by atoms with Gasteiger partial charge in [-0.05, 0) is 24.3 Å². The summed E-state index contributed by atoms with van der Waals surface area (Å²) >= 11 is 0. The summed E-state index contributed by atoms with van der Waals surface area (Å²) in [5.41, 5.74) is 0.757. The molecule has 3 nitrogen and oxygen atoms in total. The lowest BCUT2D eigenvalue weighted by Gasteiger charge is -1.93. The van der Waals surface area contributed by atoms with Crippen LogP contribution in [0.25, 0.3) is 11.4 Å². The van der Waals surface area contributed by atoms with Gasteiger partial charge in [0.1, 0.15) is 5.82 Å². The van der Waals surface area contributed by atoms with Crippen molar-refractivity contribution >= 4 is 0 Å². The number of benzene rings is 1. The molecular formula is C11H11FN2O. The fraction of sp³-hybridized carbons (Fsp3) is 0.273. The molecule has 0 amide bonds. The van der Waals surface area contributed by atoms with Gasteiger partial charge in [-0.25, -0.2) is 4.39 Å². The van der Waals surface area contributed by atoms with Gasteiger partial charge in [-0.3, -0.25) is 0 Å². The first-order chi connectivity index (χ1) is 7.16. The molecular weight excluding hydrogens is 195 g/mol. The molecule has 0 aliphatic rings. The normalized spacial score (nSPS) is 10.9. The van der Waals surface area contributed by atoms with Crippen LogP contribution in [0.5, 0.6) is 0 Å². The molecule has 0 radical (unpaired) electrons. The van der Waals surface area contributed by atoms with Crippen LogP contribution in [0.1, 0.15) is 25.7 Å². The number of halogens is 1. The third kappa shape index (κ3) is 2.03. The van der Waals surface area contributed by atoms with Gasteiger partial charge >= 0.3 is 0 Å². The van der Waals surface area contributed by atoms with E-state index < -0.39 is 0 Å². The lowest BCUT2D eigenvalue weighted by atomic mass is 10.2. The quantitative estimate of drug-likeness (QED) is 0.758. The molecule has 0 aliphatic heterocycles. The van der Waals surface area contributed by atoms with E-state index in [-0.39, 0.29) is 11.7 Å². The highest BCUT2D eigenvalue weighted by molar-refractivity contribution is 5.53. The SMILES string of the molecule is CC(C)c1nc(-c2ccc(F)cc2)no1. The zero-order chi connectivity index (χ0) is 10.8. The van der Waals surface area contributed by atoms with Crippen LogP contribution in [0, 0.1) is 5.82 Å². The van der Waals surface area contributed by atoms with Crippen LogP contribution >= 0.6 is 0 Å². The molecule has 0 spiro atoms. The van der Waals surface area contributed by atoms with Crippen LogP contribution in [-0.2, 0) is 0 Å². The molecule has 0 N–H and O–H groups in total. The molecule has 1 aromatic carbocycles. The van der Waals surface area contributed by atoms with Crippen LogP contribution in [0.3, 0.4) is 0 Å². The minimum atomic E-state index is -0.272. The maximum absolute atomic E-state index is 12.7. The van der Waals surface area contributed by atoms with Crippen LogP contribution in [0.2, 0.25) is 0 Å². The Bertz CT molecular complexity index is 448. The first-order valence-corrected chi connectivity index (χ1v) is 4.76. The molecule has 0 saturated carbocycles. The number of hydrogen-bond acceptors (Lipinski definition) is 3. The van der Waals surface area contributed by atoms with E-state index in [0.717, 1.165) is 5.56 Å². The van der Waals surface area contributed by atoms with Gasteiger partial charge in [0.2, 0.25) is 11.7 Å². The average Bonchev–Trinajstić information content (AvgIpc) is 2.68. The van der Waals surface area contributed by atoms with E-state index in [1.54, 1.807) is 12.1 Å². The van der Waals surface area contributed by atoms with Crippen molar-refractivity contribution in [1.29, 1.82) is 0 Å². The summed E-state index contributed by atoms with van der Waals surface area (Å²) < 4.78 is 17.7. The standard InChI is InChI=1S/C11H11FN2O/c1-7(2)11-13-10(14-15-11)8-3-5-9(12)6-4-8/h3-7H,1-2H3. The van der Waals surface area contributed by atoms with Crippen molar-refractivity contribution in [2.45, 2.75) is 19.8 Å². The molecule has 0 atom stereocenters. The lowest BCUT2D eigenvalue weighted by molar-refractivity contribution is 0.365. The van der Waals surface area contributed by atoms with E-state index in [2.05, 4.69) is 10.1 Å². The van der Waals surface area contributed by atoms with Gasteiger partial charge in [-0.1, -0.05) is 19.0 Å². The molecule has 2 aromatic rings. The lowest BCUT2D eigenvalue weighted by Crippen LogP contribution is -1.86. The number of rotatable bonds is 2. The van der Waals surface area contributed by atoms with E-state index in [1.807, 2.05) is 13.8 Å². The van der Waals surface area contributed by atoms with Crippen LogP contribution in [0.15, 0.2) is 28.8 Å². The third-order valence-corrected chi connectivity index (χ3v) is 2.04. The highest BCUT2D eigenvalue weighted by Crippen LogP contribution is 2.19. The zero-order valence-electron chi connectivity index (χ0n) is 8.57. The molecule has 1 heterocycles. The monoisotopic (exact) mass is 206 g/mol. The van der Waals surface area contributed by atoms with Gasteiger partial charge in [0, 0.05) is 11.5 Å². The van der Waals surface area contributed by atoms with Crippen LogP contribution in [0.4, 0.5) is 4.39 Å². The molecule has 0 saturated heterocycles. The molecule has 4 heteroatoms. The third-order valence-electron chi connectivity index (χ3n) is 2.04. The molecule has 0 aliphatic carbocycles. The van der Waals surface area contributed by atoms with Crippen molar-refractivity contribution in [1.82, 2.24) is 10.1 Å². The van der Waals surface area contributed by atoms with Gasteiger partial charge < -0.3 is 4.52 Å². The summed E-state index contributed by atoms with van der Waals surface area (Å²) in [6.07, 6.45) is 0. The van der Waals surface area contributed by atoms with E-state index >= 15 is 0 Å². The predicted molar refractivity (Wildman–Crippen MR) is 53.8 cm³/mol. The molecule has 1 aromatic heterocycles. The summed E-state index contributed by atoms with van der Waals surface area (Å²) in [7, 11) is 0. The number of hydrogen-bond donors (Lipinski definition) is 0. The van der Waals surface area contributed by atoms with E-state index in [0.29, 0.717) is 11.7 Å². The molecule has 0 fully saturated rings. The van der Waals surface area contributed by atoms with Crippen molar-refractivity contribution in [2.24, 2.45) is 0 Å². The van der Waals surface area contributed by atoms with E-state index in [1.165, 1.54) is 12.1 Å². The van der Waals surface area contributed by atoms with Gasteiger partial charge in [0.25, 0.3) is 0 Å². The van der Waals surface area contributed by atoms with Crippen LogP contribution in [-0.4, -0.2) is 10.1 Å². The van der Waals surface area contributed by atoms with Crippen molar-refractivity contribution in [3.05, 3.63) is 36.0 Å². The highest BCUT2D eigenvalue weighted by Gasteiger charge is 2.10. The fourth-order valence-electron chi connectivity index (χ4n) is 1.19. The maximum Gasteiger partial charge on any atom is 0.229 e. The maximum atomic E-state index is 12.7. The van der Waals surface area contributed by atoms with Crippen molar-refractivity contribution in [3.8, 4) is 11.4 Å². The summed E-state index contributed by atoms with van der Waals surface area (Å²) in [5.74, 6) is 1.02. The van der Waals surface area contributed by atoms with Crippen molar-refractivity contribution in [3.63, 3.8) is 0 Å². The minimum Gasteiger partial charge on any atom is -0.339 e. The van der Waals surface area contributed by atoms with Gasteiger partial charge in [0.15, 0.2) is 0 Å². The average molecular weight is 206 g/mol. The Morgan fingerprint density at radius 2 is 1.87 bits per heavy atom. The first kappa shape index (κ1) is 9.83. The molecule has 78 valence electrons. The van der Waals surface area contributed by atoms with Crippen molar-refractivity contribution < 1.29 is 8.91 Å². The Labute approximate surface area is 86.9 Å². The number of aromatic nitrogens is 2. The first-order valence-electron chi connectivity index (χ1n) is 4.76. The Morgan fingerprint density at radius 3 is 2.40 bits per heavy atom. The Kier molecular flexibility index (Phi) is 2.49. The Balaban J connectivity index is 2.33. The Morgan fingerprint density at radius 1 is 1.20 bits per heavy atom. The van der Waals surface area contributed by atoms with Crippen molar-refractivity contribution in [2.75, 3.05) is 0 Å². The molecule has 2 rings (SSSR count). The fourth-order valence-corrected chi connectivity index (χ4v) is 1.19. The minimum absolute atomic E-state index is 0.201. The smallest absolute Gasteiger partial charge is 0.229 e. The van der Waals surface area contributed by atoms with Gasteiger partial charge in [-0.2, -0.15) is 4.98 Å². The largest absolute Gasteiger partial charge is 0.339 e. The second-order valence-electron chi connectivity index (χ2n) is 3.62. The zero-order valence-corrected chi connectivity index (χ0v) is 8.57. The molecule has 0 bridgehead atoms. The number of nitrogens with zero attached hydrogens (tertiary/aromatic N) is 2. The highest BCUT2D eigenvalue weighted by atomic mass is 19.1. The summed E-state index contributed by atoms with van der Waals surface area (Å²) in [5, 5.41) is 3.83. The topological polar surface area (TPSA) is 38.9 Å². The molecule has 15 heavy (non-hydrogen) atoms. The van der Waals surface area contributed by atoms with Gasteiger partial charge in [-0.15, -0.1) is 0 Å². The summed E-state index contributed by atoms with van der Waals surface area (Å²) in [4.78, 5) is 4.21. The second-order valence-corrected chi connectivity index (χ2v) is 3.62. The second kappa shape index (κ2) is 3.81. The summed E-state index contributed by atoms with van der Waals surface area (Å²) in [6.45, 7) is 3.95. The van der Waals surface area contributed by atoms with Gasteiger partial charge in [0.05, 0.1) is 0 Å². The summed E-state index contributed by atoms with van der Waals surface area (Å²) in [6, 6.07) is 6.01.